The summed E-state index contributed by atoms with van der Waals surface area (Å²) >= 11 is 0. The number of hydrogen-bond donors (Lipinski definition) is 2. The van der Waals surface area contributed by atoms with Crippen molar-refractivity contribution >= 4 is 0 Å². The van der Waals surface area contributed by atoms with Gasteiger partial charge in [-0.25, -0.2) is 0 Å². The molecule has 0 fully saturated rings. The van der Waals surface area contributed by atoms with Gasteiger partial charge in [-0.15, -0.1) is 0 Å². The van der Waals surface area contributed by atoms with Crippen LogP contribution < -0.4 is 11.5 Å². The van der Waals surface area contributed by atoms with Crippen LogP contribution in [0, 0.1) is 31.1 Å². The van der Waals surface area contributed by atoms with Crippen molar-refractivity contribution in [1.82, 2.24) is 0 Å². The van der Waals surface area contributed by atoms with Crippen molar-refractivity contribution in [2.75, 3.05) is 0 Å². The van der Waals surface area contributed by atoms with Crippen LogP contribution in [-0.2, 0) is 0 Å². The molecule has 2 atom stereocenters. The highest BCUT2D eigenvalue weighted by atomic mass is 16.6. The SMILES string of the molecule is C[C@@]12C3=CC(N)=CC1=C([N+](=O)[O-])C([N+](=O)[O-])=C1C=C(N)C=C(C=C3)[C@]12C. The molecule has 0 saturated carbocycles. The second-order valence-electron chi connectivity index (χ2n) is 7.11. The van der Waals surface area contributed by atoms with E-state index in [1.807, 2.05) is 26.0 Å². The van der Waals surface area contributed by atoms with Gasteiger partial charge in [-0.1, -0.05) is 12.2 Å². The van der Waals surface area contributed by atoms with Crippen molar-refractivity contribution in [2.45, 2.75) is 13.8 Å². The van der Waals surface area contributed by atoms with E-state index in [9.17, 15) is 20.2 Å². The normalized spacial score (nSPS) is 31.6. The van der Waals surface area contributed by atoms with E-state index in [1.165, 1.54) is 12.2 Å². The van der Waals surface area contributed by atoms with E-state index in [0.29, 0.717) is 11.4 Å². The van der Waals surface area contributed by atoms with Gasteiger partial charge in [-0.2, -0.15) is 0 Å². The first-order chi connectivity index (χ1) is 12.1. The summed E-state index contributed by atoms with van der Waals surface area (Å²) in [6, 6.07) is 0. The third-order valence-electron chi connectivity index (χ3n) is 6.04. The Morgan fingerprint density at radius 1 is 0.769 bits per heavy atom. The lowest BCUT2D eigenvalue weighted by atomic mass is 9.46. The zero-order valence-electron chi connectivity index (χ0n) is 14.1. The second-order valence-corrected chi connectivity index (χ2v) is 7.11. The van der Waals surface area contributed by atoms with Crippen LogP contribution in [0.1, 0.15) is 13.8 Å². The van der Waals surface area contributed by atoms with Gasteiger partial charge in [-0.05, 0) is 49.3 Å². The first kappa shape index (κ1) is 16.1. The Balaban J connectivity index is 2.27. The summed E-state index contributed by atoms with van der Waals surface area (Å²) in [6.45, 7) is 3.73. The molecule has 0 radical (unpaired) electrons. The fourth-order valence-corrected chi connectivity index (χ4v) is 4.62. The Labute approximate surface area is 148 Å². The maximum absolute atomic E-state index is 11.9. The predicted molar refractivity (Wildman–Crippen MR) is 94.1 cm³/mol. The minimum absolute atomic E-state index is 0.250. The summed E-state index contributed by atoms with van der Waals surface area (Å²) in [6.07, 6.45) is 10.2. The van der Waals surface area contributed by atoms with Crippen molar-refractivity contribution in [3.63, 3.8) is 0 Å². The topological polar surface area (TPSA) is 138 Å². The Morgan fingerprint density at radius 2 is 1.12 bits per heavy atom. The van der Waals surface area contributed by atoms with E-state index in [4.69, 9.17) is 11.5 Å². The number of allylic oxidation sites excluding steroid dienone is 10. The average Bonchev–Trinajstić information content (AvgIpc) is 2.53. The lowest BCUT2D eigenvalue weighted by Gasteiger charge is -2.54. The molecule has 26 heavy (non-hydrogen) atoms. The van der Waals surface area contributed by atoms with Crippen LogP contribution in [0.15, 0.2) is 81.5 Å². The molecular weight excluding hydrogens is 336 g/mol. The Hall–Kier alpha value is -3.42. The minimum atomic E-state index is -0.870. The standard InChI is InChI=1S/C18H16N4O4/c1-17-9-3-4-10-6-12(20)8-14(18(10,17)2)16(22(25)26)15(21(23)24)13(17)7-11(19)5-9/h3-8H,19-20H2,1-2H3/t17-,18-/m1/s1. The highest BCUT2D eigenvalue weighted by Gasteiger charge is 2.64. The zero-order chi connectivity index (χ0) is 19.0. The Bertz CT molecular complexity index is 955. The molecule has 0 unspecified atom stereocenters. The van der Waals surface area contributed by atoms with Crippen LogP contribution in [0.3, 0.4) is 0 Å². The molecule has 4 aliphatic rings. The molecule has 0 amide bonds. The van der Waals surface area contributed by atoms with Crippen LogP contribution in [0.4, 0.5) is 0 Å². The van der Waals surface area contributed by atoms with Gasteiger partial charge in [-0.3, -0.25) is 20.2 Å². The molecule has 0 aromatic rings. The summed E-state index contributed by atoms with van der Waals surface area (Å²) < 4.78 is 0. The third kappa shape index (κ3) is 1.58. The van der Waals surface area contributed by atoms with E-state index in [0.717, 1.165) is 11.1 Å². The van der Waals surface area contributed by atoms with E-state index in [2.05, 4.69) is 0 Å². The highest BCUT2D eigenvalue weighted by Crippen LogP contribution is 2.67. The number of nitrogens with two attached hydrogens (primary N) is 2. The predicted octanol–water partition coefficient (Wildman–Crippen LogP) is 2.21. The van der Waals surface area contributed by atoms with E-state index in [-0.39, 0.29) is 11.1 Å². The van der Waals surface area contributed by atoms with Gasteiger partial charge < -0.3 is 11.5 Å². The highest BCUT2D eigenvalue weighted by molar-refractivity contribution is 5.69. The molecular formula is C18H16N4O4. The van der Waals surface area contributed by atoms with Crippen LogP contribution in [0.2, 0.25) is 0 Å². The van der Waals surface area contributed by atoms with Crippen molar-refractivity contribution < 1.29 is 9.85 Å². The quantitative estimate of drug-likeness (QED) is 0.577. The van der Waals surface area contributed by atoms with E-state index in [1.54, 1.807) is 12.2 Å². The molecule has 4 aliphatic carbocycles. The first-order valence-corrected chi connectivity index (χ1v) is 7.97. The summed E-state index contributed by atoms with van der Waals surface area (Å²) in [4.78, 5) is 22.4. The average molecular weight is 352 g/mol. The minimum Gasteiger partial charge on any atom is -0.399 e. The van der Waals surface area contributed by atoms with Crippen LogP contribution >= 0.6 is 0 Å². The molecule has 8 nitrogen and oxygen atoms in total. The molecule has 0 aromatic carbocycles. The molecule has 0 heterocycles. The number of hydrogen-bond acceptors (Lipinski definition) is 6. The van der Waals surface area contributed by atoms with Gasteiger partial charge in [0.15, 0.2) is 0 Å². The molecule has 132 valence electrons. The maximum Gasteiger partial charge on any atom is 0.350 e. The van der Waals surface area contributed by atoms with Gasteiger partial charge >= 0.3 is 11.4 Å². The van der Waals surface area contributed by atoms with Crippen LogP contribution in [0.5, 0.6) is 0 Å². The summed E-state index contributed by atoms with van der Waals surface area (Å²) in [7, 11) is 0. The molecule has 0 saturated heterocycles. The van der Waals surface area contributed by atoms with Crippen molar-refractivity contribution in [2.24, 2.45) is 22.3 Å². The molecule has 0 aromatic heterocycles. The van der Waals surface area contributed by atoms with Crippen LogP contribution in [0.25, 0.3) is 0 Å². The van der Waals surface area contributed by atoms with Gasteiger partial charge in [0.1, 0.15) is 0 Å². The van der Waals surface area contributed by atoms with Crippen molar-refractivity contribution in [3.05, 3.63) is 102 Å². The third-order valence-corrected chi connectivity index (χ3v) is 6.04. The Morgan fingerprint density at radius 3 is 1.42 bits per heavy atom. The maximum atomic E-state index is 11.9. The molecule has 0 spiro atoms. The van der Waals surface area contributed by atoms with E-state index < -0.39 is 32.1 Å². The van der Waals surface area contributed by atoms with Crippen molar-refractivity contribution in [3.8, 4) is 0 Å². The summed E-state index contributed by atoms with van der Waals surface area (Å²) in [5, 5.41) is 23.7. The smallest absolute Gasteiger partial charge is 0.350 e. The molecule has 4 N–H and O–H groups in total. The Kier molecular flexibility index (Phi) is 2.84. The van der Waals surface area contributed by atoms with E-state index >= 15 is 0 Å². The fraction of sp³-hybridized carbons (Fsp3) is 0.222. The largest absolute Gasteiger partial charge is 0.399 e. The van der Waals surface area contributed by atoms with Gasteiger partial charge in [0, 0.05) is 22.2 Å². The van der Waals surface area contributed by atoms with Crippen molar-refractivity contribution in [1.29, 1.82) is 0 Å². The number of rotatable bonds is 2. The number of nitro groups is 2. The summed E-state index contributed by atoms with van der Waals surface area (Å²) in [5.41, 5.74) is 11.8. The fourth-order valence-electron chi connectivity index (χ4n) is 4.62. The van der Waals surface area contributed by atoms with Gasteiger partial charge in [0.05, 0.1) is 21.0 Å². The molecule has 4 rings (SSSR count). The summed E-state index contributed by atoms with van der Waals surface area (Å²) in [5.74, 6) is 0. The molecule has 8 heteroatoms. The lowest BCUT2D eigenvalue weighted by molar-refractivity contribution is -0.482. The second kappa shape index (κ2) is 4.60. The lowest BCUT2D eigenvalue weighted by Crippen LogP contribution is -2.50. The first-order valence-electron chi connectivity index (χ1n) is 7.97. The monoisotopic (exact) mass is 352 g/mol. The molecule has 0 bridgehead atoms. The molecule has 0 aliphatic heterocycles. The zero-order valence-corrected chi connectivity index (χ0v) is 14.1. The van der Waals surface area contributed by atoms with Crippen LogP contribution in [-0.4, -0.2) is 9.85 Å². The van der Waals surface area contributed by atoms with Gasteiger partial charge in [0.2, 0.25) is 0 Å². The van der Waals surface area contributed by atoms with Gasteiger partial charge in [0.25, 0.3) is 0 Å². The number of nitrogens with zero attached hydrogens (tertiary/aromatic N) is 2.